The first-order chi connectivity index (χ1) is 10.4. The van der Waals surface area contributed by atoms with Crippen LogP contribution in [-0.2, 0) is 16.2 Å². The van der Waals surface area contributed by atoms with Crippen LogP contribution >= 0.6 is 0 Å². The molecule has 0 saturated carbocycles. The molecule has 0 unspecified atom stereocenters. The number of anilines is 1. The molecule has 1 heterocycles. The van der Waals surface area contributed by atoms with Gasteiger partial charge < -0.3 is 15.9 Å². The van der Waals surface area contributed by atoms with Gasteiger partial charge in [0.2, 0.25) is 0 Å². The highest BCUT2D eigenvalue weighted by Crippen LogP contribution is 2.19. The summed E-state index contributed by atoms with van der Waals surface area (Å²) in [7, 11) is 0. The molecule has 122 valence electrons. The van der Waals surface area contributed by atoms with E-state index in [1.807, 2.05) is 45.0 Å². The van der Waals surface area contributed by atoms with Gasteiger partial charge in [-0.1, -0.05) is 18.2 Å². The molecule has 1 saturated heterocycles. The van der Waals surface area contributed by atoms with E-state index in [0.717, 1.165) is 43.7 Å². The molecular formula is C17H27N3O2. The molecule has 0 amide bonds. The zero-order valence-electron chi connectivity index (χ0n) is 13.8. The Bertz CT molecular complexity index is 503. The monoisotopic (exact) mass is 305 g/mol. The molecule has 22 heavy (non-hydrogen) atoms. The molecule has 0 aliphatic carbocycles. The van der Waals surface area contributed by atoms with Crippen molar-refractivity contribution in [2.75, 3.05) is 18.8 Å². The van der Waals surface area contributed by atoms with Crippen molar-refractivity contribution in [1.29, 1.82) is 0 Å². The summed E-state index contributed by atoms with van der Waals surface area (Å²) in [6, 6.07) is 8.35. The van der Waals surface area contributed by atoms with E-state index in [4.69, 9.17) is 10.6 Å². The second-order valence-electron chi connectivity index (χ2n) is 6.91. The van der Waals surface area contributed by atoms with Crippen LogP contribution in [0.3, 0.4) is 0 Å². The third-order valence-corrected chi connectivity index (χ3v) is 3.91. The van der Waals surface area contributed by atoms with Crippen molar-refractivity contribution >= 4 is 11.7 Å². The molecule has 3 N–H and O–H groups in total. The third-order valence-electron chi connectivity index (χ3n) is 3.91. The van der Waals surface area contributed by atoms with E-state index in [9.17, 15) is 4.79 Å². The smallest absolute Gasteiger partial charge is 0.330 e. The number of carbonyl (C=O) groups is 1. The van der Waals surface area contributed by atoms with Crippen molar-refractivity contribution in [3.8, 4) is 0 Å². The van der Waals surface area contributed by atoms with Gasteiger partial charge in [-0.25, -0.2) is 4.79 Å². The van der Waals surface area contributed by atoms with E-state index in [2.05, 4.69) is 5.32 Å². The molecule has 0 aromatic heterocycles. The number of para-hydroxylation sites is 1. The summed E-state index contributed by atoms with van der Waals surface area (Å²) in [5.74, 6) is -0.170. The summed E-state index contributed by atoms with van der Waals surface area (Å²) in [6.07, 6.45) is 1.92. The van der Waals surface area contributed by atoms with E-state index >= 15 is 0 Å². The number of nitrogens with two attached hydrogens (primary N) is 1. The number of carbonyl (C=O) groups excluding carboxylic acids is 1. The van der Waals surface area contributed by atoms with Crippen molar-refractivity contribution in [2.24, 2.45) is 5.41 Å². The van der Waals surface area contributed by atoms with Crippen LogP contribution in [0, 0.1) is 5.41 Å². The molecule has 1 aliphatic rings. The lowest BCUT2D eigenvalue weighted by molar-refractivity contribution is -0.204. The van der Waals surface area contributed by atoms with Crippen molar-refractivity contribution in [3.05, 3.63) is 29.8 Å². The Morgan fingerprint density at radius 1 is 1.32 bits per heavy atom. The maximum absolute atomic E-state index is 11.9. The van der Waals surface area contributed by atoms with Crippen molar-refractivity contribution in [1.82, 2.24) is 10.4 Å². The van der Waals surface area contributed by atoms with Gasteiger partial charge in [0.1, 0.15) is 0 Å². The summed E-state index contributed by atoms with van der Waals surface area (Å²) >= 11 is 0. The number of hydroxylamine groups is 2. The van der Waals surface area contributed by atoms with Crippen LogP contribution < -0.4 is 11.1 Å². The maximum Gasteiger partial charge on any atom is 0.330 e. The van der Waals surface area contributed by atoms with E-state index in [-0.39, 0.29) is 5.97 Å². The first kappa shape index (κ1) is 16.8. The highest BCUT2D eigenvalue weighted by Gasteiger charge is 2.28. The van der Waals surface area contributed by atoms with E-state index < -0.39 is 5.41 Å². The fourth-order valence-corrected chi connectivity index (χ4v) is 2.35. The largest absolute Gasteiger partial charge is 0.398 e. The van der Waals surface area contributed by atoms with E-state index in [1.54, 1.807) is 5.06 Å². The third kappa shape index (κ3) is 4.71. The van der Waals surface area contributed by atoms with Gasteiger partial charge in [0, 0.05) is 31.4 Å². The van der Waals surface area contributed by atoms with Crippen LogP contribution in [0.4, 0.5) is 5.69 Å². The fourth-order valence-electron chi connectivity index (χ4n) is 2.35. The minimum absolute atomic E-state index is 0.170. The minimum Gasteiger partial charge on any atom is -0.398 e. The predicted molar refractivity (Wildman–Crippen MR) is 87.8 cm³/mol. The molecule has 5 heteroatoms. The average molecular weight is 305 g/mol. The Kier molecular flexibility index (Phi) is 5.42. The van der Waals surface area contributed by atoms with Crippen molar-refractivity contribution in [3.63, 3.8) is 0 Å². The normalized spacial score (nSPS) is 17.4. The Labute approximate surface area is 132 Å². The SMILES string of the molecule is CC(C)(C)C(=O)ON1CCC(NCc2ccccc2N)CC1. The van der Waals surface area contributed by atoms with Crippen molar-refractivity contribution in [2.45, 2.75) is 46.2 Å². The molecule has 0 bridgehead atoms. The maximum atomic E-state index is 11.9. The number of benzene rings is 1. The van der Waals surface area contributed by atoms with E-state index in [0.29, 0.717) is 6.04 Å². The lowest BCUT2D eigenvalue weighted by Crippen LogP contribution is -2.44. The van der Waals surface area contributed by atoms with Crippen LogP contribution in [0.15, 0.2) is 24.3 Å². The Morgan fingerprint density at radius 2 is 1.95 bits per heavy atom. The van der Waals surface area contributed by atoms with Crippen molar-refractivity contribution < 1.29 is 9.63 Å². The molecule has 1 aromatic rings. The zero-order chi connectivity index (χ0) is 16.2. The topological polar surface area (TPSA) is 67.6 Å². The lowest BCUT2D eigenvalue weighted by atomic mass is 9.98. The van der Waals surface area contributed by atoms with Crippen LogP contribution in [0.2, 0.25) is 0 Å². The predicted octanol–water partition coefficient (Wildman–Crippen LogP) is 2.33. The molecule has 5 nitrogen and oxygen atoms in total. The van der Waals surface area contributed by atoms with Gasteiger partial charge in [-0.3, -0.25) is 0 Å². The number of hydrogen-bond acceptors (Lipinski definition) is 5. The first-order valence-electron chi connectivity index (χ1n) is 7.90. The number of rotatable bonds is 4. The van der Waals surface area contributed by atoms with Gasteiger partial charge in [-0.2, -0.15) is 0 Å². The van der Waals surface area contributed by atoms with E-state index in [1.165, 1.54) is 0 Å². The standard InChI is InChI=1S/C17H27N3O2/c1-17(2,3)16(21)22-20-10-8-14(9-11-20)19-12-13-6-4-5-7-15(13)18/h4-7,14,19H,8-12,18H2,1-3H3. The Morgan fingerprint density at radius 3 is 2.55 bits per heavy atom. The van der Waals surface area contributed by atoms with Gasteiger partial charge >= 0.3 is 5.97 Å². The van der Waals surface area contributed by atoms with Crippen LogP contribution in [-0.4, -0.2) is 30.2 Å². The number of nitrogens with one attached hydrogen (secondary N) is 1. The highest BCUT2D eigenvalue weighted by atomic mass is 16.7. The summed E-state index contributed by atoms with van der Waals surface area (Å²) in [4.78, 5) is 17.3. The summed E-state index contributed by atoms with van der Waals surface area (Å²) in [5.41, 5.74) is 7.44. The van der Waals surface area contributed by atoms with Crippen LogP contribution in [0.1, 0.15) is 39.2 Å². The van der Waals surface area contributed by atoms with Crippen LogP contribution in [0.25, 0.3) is 0 Å². The molecule has 2 rings (SSSR count). The Hall–Kier alpha value is -1.59. The number of nitrogens with zero attached hydrogens (tertiary/aromatic N) is 1. The second kappa shape index (κ2) is 7.11. The first-order valence-corrected chi connectivity index (χ1v) is 7.90. The molecule has 1 aromatic carbocycles. The molecule has 0 atom stereocenters. The van der Waals surface area contributed by atoms with Gasteiger partial charge in [-0.15, -0.1) is 5.06 Å². The molecular weight excluding hydrogens is 278 g/mol. The summed E-state index contributed by atoms with van der Waals surface area (Å²) < 4.78 is 0. The number of hydrogen-bond donors (Lipinski definition) is 2. The second-order valence-corrected chi connectivity index (χ2v) is 6.91. The Balaban J connectivity index is 1.74. The summed E-state index contributed by atoms with van der Waals surface area (Å²) in [6.45, 7) is 7.92. The summed E-state index contributed by atoms with van der Waals surface area (Å²) in [5, 5.41) is 5.32. The quantitative estimate of drug-likeness (QED) is 0.836. The number of nitrogen functional groups attached to an aromatic ring is 1. The highest BCUT2D eigenvalue weighted by molar-refractivity contribution is 5.75. The van der Waals surface area contributed by atoms with Gasteiger partial charge in [0.15, 0.2) is 0 Å². The number of piperidine rings is 1. The van der Waals surface area contributed by atoms with Gasteiger partial charge in [0.25, 0.3) is 0 Å². The lowest BCUT2D eigenvalue weighted by Gasteiger charge is -2.32. The molecule has 1 aliphatic heterocycles. The zero-order valence-corrected chi connectivity index (χ0v) is 13.8. The van der Waals surface area contributed by atoms with Gasteiger partial charge in [-0.05, 0) is 45.2 Å². The fraction of sp³-hybridized carbons (Fsp3) is 0.588. The van der Waals surface area contributed by atoms with Gasteiger partial charge in [0.05, 0.1) is 5.41 Å². The molecule has 0 spiro atoms. The molecule has 0 radical (unpaired) electrons. The van der Waals surface area contributed by atoms with Crippen LogP contribution in [0.5, 0.6) is 0 Å². The average Bonchev–Trinajstić information content (AvgIpc) is 2.47. The molecule has 1 fully saturated rings. The minimum atomic E-state index is -0.458.